The second-order valence-electron chi connectivity index (χ2n) is 6.39. The van der Waals surface area contributed by atoms with E-state index in [0.717, 1.165) is 10.5 Å². The number of carbonyl (C=O) groups is 2. The molecule has 0 radical (unpaired) electrons. The average Bonchev–Trinajstić information content (AvgIpc) is 2.75. The number of halogens is 2. The number of carbonyl (C=O) groups excluding carboxylic acids is 2. The van der Waals surface area contributed by atoms with Gasteiger partial charge in [-0.2, -0.15) is 0 Å². The van der Waals surface area contributed by atoms with E-state index < -0.39 is 11.6 Å². The Kier molecular flexibility index (Phi) is 4.52. The molecular weight excluding hydrogens is 359 g/mol. The van der Waals surface area contributed by atoms with Gasteiger partial charge < -0.3 is 4.90 Å². The fraction of sp³-hybridized carbons (Fsp3) is 0.263. The summed E-state index contributed by atoms with van der Waals surface area (Å²) < 4.78 is 0. The van der Waals surface area contributed by atoms with Crippen molar-refractivity contribution in [2.75, 3.05) is 11.9 Å². The molecule has 1 aliphatic rings. The maximum Gasteiger partial charge on any atom is 0.332 e. The highest BCUT2D eigenvalue weighted by Gasteiger charge is 2.56. The van der Waals surface area contributed by atoms with Crippen molar-refractivity contribution in [3.05, 3.63) is 64.1 Å². The molecule has 0 bridgehead atoms. The van der Waals surface area contributed by atoms with Crippen LogP contribution >= 0.6 is 23.2 Å². The summed E-state index contributed by atoms with van der Waals surface area (Å²) in [6.07, 6.45) is 0. The molecule has 1 fully saturated rings. The van der Waals surface area contributed by atoms with Crippen molar-refractivity contribution in [2.45, 2.75) is 25.3 Å². The van der Waals surface area contributed by atoms with Gasteiger partial charge in [0, 0.05) is 23.0 Å². The van der Waals surface area contributed by atoms with E-state index in [2.05, 4.69) is 0 Å². The molecule has 25 heavy (non-hydrogen) atoms. The molecule has 0 aromatic heterocycles. The SMILES string of the molecule is C[C@H](c1ccccc1)[C@]1(C)C(=O)N(c2cc(Cl)cc(Cl)c2)C(=O)N1C. The first-order valence-corrected chi connectivity index (χ1v) is 8.65. The first-order valence-electron chi connectivity index (χ1n) is 7.90. The third kappa shape index (κ3) is 2.79. The number of rotatable bonds is 3. The van der Waals surface area contributed by atoms with Gasteiger partial charge >= 0.3 is 6.03 Å². The molecule has 130 valence electrons. The molecule has 0 saturated carbocycles. The number of hydrogen-bond acceptors (Lipinski definition) is 2. The van der Waals surface area contributed by atoms with Crippen LogP contribution in [0.3, 0.4) is 0 Å². The number of benzene rings is 2. The molecular formula is C19H18Cl2N2O2. The van der Waals surface area contributed by atoms with Crippen LogP contribution in [0.25, 0.3) is 0 Å². The molecule has 3 amide bonds. The number of hydrogen-bond donors (Lipinski definition) is 0. The fourth-order valence-corrected chi connectivity index (χ4v) is 3.76. The number of anilines is 1. The number of amides is 3. The zero-order chi connectivity index (χ0) is 18.4. The van der Waals surface area contributed by atoms with Crippen molar-refractivity contribution in [1.29, 1.82) is 0 Å². The largest absolute Gasteiger partial charge is 0.332 e. The molecule has 2 atom stereocenters. The van der Waals surface area contributed by atoms with Crippen LogP contribution in [0.1, 0.15) is 25.3 Å². The Labute approximate surface area is 156 Å². The van der Waals surface area contributed by atoms with Crippen LogP contribution in [0.15, 0.2) is 48.5 Å². The van der Waals surface area contributed by atoms with Gasteiger partial charge in [0.2, 0.25) is 0 Å². The molecule has 2 aromatic rings. The maximum atomic E-state index is 13.3. The van der Waals surface area contributed by atoms with Gasteiger partial charge in [0.15, 0.2) is 0 Å². The minimum atomic E-state index is -1.01. The molecule has 0 aliphatic carbocycles. The van der Waals surface area contributed by atoms with Crippen LogP contribution in [0.5, 0.6) is 0 Å². The van der Waals surface area contributed by atoms with Crippen molar-refractivity contribution in [3.63, 3.8) is 0 Å². The highest BCUT2D eigenvalue weighted by Crippen LogP contribution is 2.41. The average molecular weight is 377 g/mol. The van der Waals surface area contributed by atoms with Gasteiger partial charge in [-0.25, -0.2) is 9.69 Å². The van der Waals surface area contributed by atoms with Crippen LogP contribution in [-0.2, 0) is 4.79 Å². The van der Waals surface area contributed by atoms with Crippen LogP contribution < -0.4 is 4.90 Å². The lowest BCUT2D eigenvalue weighted by atomic mass is 9.81. The van der Waals surface area contributed by atoms with E-state index in [1.54, 1.807) is 32.2 Å². The Hall–Kier alpha value is -2.04. The predicted molar refractivity (Wildman–Crippen MR) is 100 cm³/mol. The Balaban J connectivity index is 2.06. The highest BCUT2D eigenvalue weighted by molar-refractivity contribution is 6.35. The van der Waals surface area contributed by atoms with Gasteiger partial charge in [0.05, 0.1) is 5.69 Å². The van der Waals surface area contributed by atoms with E-state index in [1.165, 1.54) is 4.90 Å². The summed E-state index contributed by atoms with van der Waals surface area (Å²) in [5, 5.41) is 0.742. The van der Waals surface area contributed by atoms with Crippen molar-refractivity contribution >= 4 is 40.8 Å². The van der Waals surface area contributed by atoms with Crippen molar-refractivity contribution in [2.24, 2.45) is 0 Å². The molecule has 1 heterocycles. The third-order valence-corrected chi connectivity index (χ3v) is 5.50. The normalized spacial score (nSPS) is 21.8. The summed E-state index contributed by atoms with van der Waals surface area (Å²) in [6, 6.07) is 14.0. The smallest absolute Gasteiger partial charge is 0.312 e. The summed E-state index contributed by atoms with van der Waals surface area (Å²) in [5.74, 6) is -0.482. The second kappa shape index (κ2) is 6.36. The lowest BCUT2D eigenvalue weighted by molar-refractivity contribution is -0.124. The molecule has 4 nitrogen and oxygen atoms in total. The molecule has 1 aliphatic heterocycles. The summed E-state index contributed by atoms with van der Waals surface area (Å²) in [5.41, 5.74) is 0.361. The first kappa shape index (κ1) is 17.8. The number of nitrogens with zero attached hydrogens (tertiary/aromatic N) is 2. The summed E-state index contributed by atoms with van der Waals surface area (Å²) in [4.78, 5) is 28.7. The third-order valence-electron chi connectivity index (χ3n) is 5.06. The van der Waals surface area contributed by atoms with Gasteiger partial charge in [-0.15, -0.1) is 0 Å². The second-order valence-corrected chi connectivity index (χ2v) is 7.26. The Morgan fingerprint density at radius 1 is 1.00 bits per heavy atom. The quantitative estimate of drug-likeness (QED) is 0.710. The lowest BCUT2D eigenvalue weighted by Gasteiger charge is -2.34. The standard InChI is InChI=1S/C19H18Cl2N2O2/c1-12(13-7-5-4-6-8-13)19(2)17(24)23(18(25)22(19)3)16-10-14(20)9-15(21)11-16/h4-12H,1-3H3/t12-,19-/m1/s1. The molecule has 1 saturated heterocycles. The van der Waals surface area contributed by atoms with E-state index in [9.17, 15) is 9.59 Å². The zero-order valence-corrected chi connectivity index (χ0v) is 15.7. The van der Waals surface area contributed by atoms with Gasteiger partial charge in [-0.05, 0) is 30.7 Å². The maximum absolute atomic E-state index is 13.3. The fourth-order valence-electron chi connectivity index (χ4n) is 3.24. The monoisotopic (exact) mass is 376 g/mol. The Bertz CT molecular complexity index is 820. The minimum Gasteiger partial charge on any atom is -0.312 e. The van der Waals surface area contributed by atoms with Crippen LogP contribution in [-0.4, -0.2) is 29.4 Å². The van der Waals surface area contributed by atoms with E-state index in [0.29, 0.717) is 15.7 Å². The number of imide groups is 1. The van der Waals surface area contributed by atoms with E-state index in [-0.39, 0.29) is 11.8 Å². The van der Waals surface area contributed by atoms with E-state index >= 15 is 0 Å². The summed E-state index contributed by atoms with van der Waals surface area (Å²) in [6.45, 7) is 3.74. The topological polar surface area (TPSA) is 40.6 Å². The molecule has 0 N–H and O–H groups in total. The molecule has 3 rings (SSSR count). The first-order chi connectivity index (χ1) is 11.8. The van der Waals surface area contributed by atoms with E-state index in [4.69, 9.17) is 23.2 Å². The Morgan fingerprint density at radius 2 is 1.56 bits per heavy atom. The number of likely N-dealkylation sites (N-methyl/N-ethyl adjacent to an activating group) is 1. The van der Waals surface area contributed by atoms with Crippen molar-refractivity contribution < 1.29 is 9.59 Å². The lowest BCUT2D eigenvalue weighted by Crippen LogP contribution is -2.49. The molecule has 6 heteroatoms. The van der Waals surface area contributed by atoms with Gasteiger partial charge in [0.1, 0.15) is 5.54 Å². The molecule has 2 aromatic carbocycles. The van der Waals surface area contributed by atoms with E-state index in [1.807, 2.05) is 37.3 Å². The summed E-state index contributed by atoms with van der Waals surface area (Å²) in [7, 11) is 1.64. The molecule has 0 spiro atoms. The predicted octanol–water partition coefficient (Wildman–Crippen LogP) is 4.95. The van der Waals surface area contributed by atoms with Gasteiger partial charge in [0.25, 0.3) is 5.91 Å². The zero-order valence-electron chi connectivity index (χ0n) is 14.2. The van der Waals surface area contributed by atoms with Gasteiger partial charge in [-0.1, -0.05) is 60.5 Å². The molecule has 0 unspecified atom stereocenters. The Morgan fingerprint density at radius 3 is 2.12 bits per heavy atom. The van der Waals surface area contributed by atoms with Crippen molar-refractivity contribution in [1.82, 2.24) is 4.90 Å². The van der Waals surface area contributed by atoms with Gasteiger partial charge in [-0.3, -0.25) is 4.79 Å². The van der Waals surface area contributed by atoms with Crippen LogP contribution in [0.4, 0.5) is 10.5 Å². The van der Waals surface area contributed by atoms with Crippen molar-refractivity contribution in [3.8, 4) is 0 Å². The van der Waals surface area contributed by atoms with Crippen LogP contribution in [0, 0.1) is 0 Å². The minimum absolute atomic E-state index is 0.185. The summed E-state index contributed by atoms with van der Waals surface area (Å²) >= 11 is 12.1. The highest BCUT2D eigenvalue weighted by atomic mass is 35.5. The van der Waals surface area contributed by atoms with Crippen LogP contribution in [0.2, 0.25) is 10.0 Å². The number of urea groups is 1.